The standard InChI is InChI=1S/2C18H17ClO3/c1-18(2,3)12-6-9-14(17(21)22)15(10-12)16(20)11-4-7-13(19)8-5-11;1-18(2,3)12-6-9-14(15(10-12)17(21)22)16(20)11-4-7-13(19)8-5-11/h2*4-10H,1-3H3,(H,21,22). The van der Waals surface area contributed by atoms with Crippen LogP contribution in [0.15, 0.2) is 84.9 Å². The second kappa shape index (κ2) is 13.6. The van der Waals surface area contributed by atoms with Crippen LogP contribution < -0.4 is 0 Å². The highest BCUT2D eigenvalue weighted by molar-refractivity contribution is 6.31. The van der Waals surface area contributed by atoms with Crippen molar-refractivity contribution in [2.75, 3.05) is 0 Å². The molecule has 0 radical (unpaired) electrons. The third-order valence-corrected chi connectivity index (χ3v) is 7.44. The number of carboxylic acids is 2. The molecule has 0 bridgehead atoms. The quantitative estimate of drug-likeness (QED) is 0.205. The van der Waals surface area contributed by atoms with Crippen LogP contribution in [0.5, 0.6) is 0 Å². The van der Waals surface area contributed by atoms with Crippen molar-refractivity contribution < 1.29 is 29.4 Å². The molecule has 6 nitrogen and oxygen atoms in total. The first-order valence-corrected chi connectivity index (χ1v) is 14.5. The number of hydrogen-bond donors (Lipinski definition) is 2. The minimum Gasteiger partial charge on any atom is -0.478 e. The lowest BCUT2D eigenvalue weighted by Gasteiger charge is -2.20. The van der Waals surface area contributed by atoms with Crippen molar-refractivity contribution in [1.82, 2.24) is 0 Å². The Labute approximate surface area is 267 Å². The molecule has 0 saturated heterocycles. The van der Waals surface area contributed by atoms with Gasteiger partial charge in [-0.1, -0.05) is 76.9 Å². The van der Waals surface area contributed by atoms with Gasteiger partial charge in [0.25, 0.3) is 0 Å². The summed E-state index contributed by atoms with van der Waals surface area (Å²) in [5, 5.41) is 19.8. The Balaban J connectivity index is 0.000000240. The van der Waals surface area contributed by atoms with Crippen molar-refractivity contribution in [3.63, 3.8) is 0 Å². The van der Waals surface area contributed by atoms with Crippen molar-refractivity contribution in [3.05, 3.63) is 139 Å². The van der Waals surface area contributed by atoms with E-state index in [1.54, 1.807) is 78.9 Å². The molecule has 0 fully saturated rings. The van der Waals surface area contributed by atoms with E-state index in [-0.39, 0.29) is 44.7 Å². The molecule has 2 N–H and O–H groups in total. The summed E-state index contributed by atoms with van der Waals surface area (Å²) in [6, 6.07) is 22.7. The summed E-state index contributed by atoms with van der Waals surface area (Å²) in [5.41, 5.74) is 2.66. The molecule has 8 heteroatoms. The highest BCUT2D eigenvalue weighted by Crippen LogP contribution is 2.28. The second-order valence-electron chi connectivity index (χ2n) is 12.3. The highest BCUT2D eigenvalue weighted by atomic mass is 35.5. The van der Waals surface area contributed by atoms with E-state index in [1.807, 2.05) is 41.5 Å². The summed E-state index contributed by atoms with van der Waals surface area (Å²) in [6.45, 7) is 12.0. The Morgan fingerprint density at radius 2 is 0.818 bits per heavy atom. The molecular formula is C36H34Cl2O6. The number of hydrogen-bond acceptors (Lipinski definition) is 4. The van der Waals surface area contributed by atoms with Gasteiger partial charge in [-0.25, -0.2) is 9.59 Å². The molecular weight excluding hydrogens is 599 g/mol. The van der Waals surface area contributed by atoms with Crippen LogP contribution in [0.4, 0.5) is 0 Å². The van der Waals surface area contributed by atoms with Gasteiger partial charge in [0.2, 0.25) is 0 Å². The topological polar surface area (TPSA) is 109 Å². The summed E-state index contributed by atoms with van der Waals surface area (Å²) >= 11 is 11.6. The molecule has 0 aromatic heterocycles. The molecule has 0 aliphatic rings. The number of halogens is 2. The second-order valence-corrected chi connectivity index (χ2v) is 13.2. The first kappa shape index (κ1) is 34.2. The van der Waals surface area contributed by atoms with Gasteiger partial charge in [-0.05, 0) is 94.8 Å². The zero-order chi connectivity index (χ0) is 33.0. The number of carbonyl (C=O) groups is 4. The summed E-state index contributed by atoms with van der Waals surface area (Å²) in [5.74, 6) is -2.86. The van der Waals surface area contributed by atoms with E-state index in [0.29, 0.717) is 21.2 Å². The SMILES string of the molecule is CC(C)(C)c1ccc(C(=O)O)c(C(=O)c2ccc(Cl)cc2)c1.CC(C)(C)c1ccc(C(=O)c2ccc(Cl)cc2)c(C(=O)O)c1. The maximum absolute atomic E-state index is 12.7. The summed E-state index contributed by atoms with van der Waals surface area (Å²) in [6.07, 6.45) is 0. The number of ketones is 2. The van der Waals surface area contributed by atoms with Crippen LogP contribution in [0.25, 0.3) is 0 Å². The Morgan fingerprint density at radius 3 is 1.18 bits per heavy atom. The third-order valence-electron chi connectivity index (χ3n) is 6.93. The first-order valence-electron chi connectivity index (χ1n) is 13.8. The zero-order valence-corrected chi connectivity index (χ0v) is 26.9. The maximum Gasteiger partial charge on any atom is 0.336 e. The van der Waals surface area contributed by atoms with Crippen molar-refractivity contribution >= 4 is 46.7 Å². The van der Waals surface area contributed by atoms with Gasteiger partial charge in [-0.2, -0.15) is 0 Å². The number of benzene rings is 4. The Kier molecular flexibility index (Phi) is 10.6. The van der Waals surface area contributed by atoms with Crippen LogP contribution in [-0.2, 0) is 10.8 Å². The van der Waals surface area contributed by atoms with Gasteiger partial charge >= 0.3 is 11.9 Å². The van der Waals surface area contributed by atoms with E-state index in [0.717, 1.165) is 11.1 Å². The largest absolute Gasteiger partial charge is 0.478 e. The number of carboxylic acid groups (broad SMARTS) is 2. The molecule has 0 saturated carbocycles. The van der Waals surface area contributed by atoms with Crippen LogP contribution in [0.1, 0.15) is 105 Å². The average Bonchev–Trinajstić information content (AvgIpc) is 2.96. The zero-order valence-electron chi connectivity index (χ0n) is 25.4. The minimum atomic E-state index is -1.11. The minimum absolute atomic E-state index is 0.00736. The fraction of sp³-hybridized carbons (Fsp3) is 0.222. The van der Waals surface area contributed by atoms with E-state index in [4.69, 9.17) is 23.2 Å². The fourth-order valence-electron chi connectivity index (χ4n) is 4.28. The predicted molar refractivity (Wildman–Crippen MR) is 174 cm³/mol. The average molecular weight is 634 g/mol. The van der Waals surface area contributed by atoms with Gasteiger partial charge in [-0.3, -0.25) is 9.59 Å². The Hall–Kier alpha value is -4.26. The molecule has 0 aliphatic heterocycles. The summed E-state index contributed by atoms with van der Waals surface area (Å²) in [7, 11) is 0. The lowest BCUT2D eigenvalue weighted by molar-refractivity contribution is 0.0683. The monoisotopic (exact) mass is 632 g/mol. The van der Waals surface area contributed by atoms with Crippen LogP contribution in [0.2, 0.25) is 10.0 Å². The normalized spacial score (nSPS) is 11.3. The van der Waals surface area contributed by atoms with Gasteiger partial charge in [-0.15, -0.1) is 0 Å². The predicted octanol–water partition coefficient (Wildman–Crippen LogP) is 9.13. The van der Waals surface area contributed by atoms with E-state index >= 15 is 0 Å². The van der Waals surface area contributed by atoms with Crippen LogP contribution in [0, 0.1) is 0 Å². The molecule has 4 aromatic rings. The van der Waals surface area contributed by atoms with Crippen molar-refractivity contribution in [2.24, 2.45) is 0 Å². The lowest BCUT2D eigenvalue weighted by Crippen LogP contribution is -2.16. The number of rotatable bonds is 6. The number of carbonyl (C=O) groups excluding carboxylic acids is 2. The Bertz CT molecular complexity index is 1710. The van der Waals surface area contributed by atoms with E-state index in [1.165, 1.54) is 6.07 Å². The summed E-state index contributed by atoms with van der Waals surface area (Å²) in [4.78, 5) is 48.1. The van der Waals surface area contributed by atoms with Crippen molar-refractivity contribution in [2.45, 2.75) is 52.4 Å². The van der Waals surface area contributed by atoms with Gasteiger partial charge in [0, 0.05) is 32.3 Å². The first-order chi connectivity index (χ1) is 20.4. The van der Waals surface area contributed by atoms with Crippen LogP contribution >= 0.6 is 23.2 Å². The van der Waals surface area contributed by atoms with Gasteiger partial charge < -0.3 is 10.2 Å². The molecule has 0 aliphatic carbocycles. The molecule has 0 atom stereocenters. The van der Waals surface area contributed by atoms with E-state index < -0.39 is 11.9 Å². The molecule has 0 heterocycles. The van der Waals surface area contributed by atoms with Crippen molar-refractivity contribution in [3.8, 4) is 0 Å². The molecule has 44 heavy (non-hydrogen) atoms. The fourth-order valence-corrected chi connectivity index (χ4v) is 4.54. The lowest BCUT2D eigenvalue weighted by atomic mass is 9.84. The van der Waals surface area contributed by atoms with Crippen molar-refractivity contribution in [1.29, 1.82) is 0 Å². The molecule has 4 aromatic carbocycles. The van der Waals surface area contributed by atoms with Crippen LogP contribution in [-0.4, -0.2) is 33.7 Å². The van der Waals surface area contributed by atoms with Gasteiger partial charge in [0.15, 0.2) is 11.6 Å². The summed E-state index contributed by atoms with van der Waals surface area (Å²) < 4.78 is 0. The maximum atomic E-state index is 12.7. The molecule has 0 spiro atoms. The molecule has 0 unspecified atom stereocenters. The molecule has 4 rings (SSSR count). The van der Waals surface area contributed by atoms with Gasteiger partial charge in [0.05, 0.1) is 11.1 Å². The highest BCUT2D eigenvalue weighted by Gasteiger charge is 2.23. The van der Waals surface area contributed by atoms with Gasteiger partial charge in [0.1, 0.15) is 0 Å². The molecule has 228 valence electrons. The van der Waals surface area contributed by atoms with E-state index in [9.17, 15) is 29.4 Å². The third kappa shape index (κ3) is 8.43. The van der Waals surface area contributed by atoms with Crippen LogP contribution in [0.3, 0.4) is 0 Å². The smallest absolute Gasteiger partial charge is 0.336 e. The Morgan fingerprint density at radius 1 is 0.477 bits per heavy atom. The number of aromatic carboxylic acids is 2. The van der Waals surface area contributed by atoms with E-state index in [2.05, 4.69) is 0 Å². The molecule has 0 amide bonds.